The van der Waals surface area contributed by atoms with Gasteiger partial charge in [-0.1, -0.05) is 0 Å². The number of rotatable bonds is 8. The third-order valence-corrected chi connectivity index (χ3v) is 7.12. The van der Waals surface area contributed by atoms with Crippen LogP contribution in [0.4, 0.5) is 13.2 Å². The first-order valence-corrected chi connectivity index (χ1v) is 11.9. The summed E-state index contributed by atoms with van der Waals surface area (Å²) in [6.45, 7) is 4.26. The number of hydrogen-bond donors (Lipinski definition) is 0. The molecule has 2 fully saturated rings. The van der Waals surface area contributed by atoms with Crippen molar-refractivity contribution >= 4 is 5.97 Å². The van der Waals surface area contributed by atoms with Gasteiger partial charge in [0.1, 0.15) is 5.75 Å². The van der Waals surface area contributed by atoms with E-state index in [4.69, 9.17) is 19.2 Å². The van der Waals surface area contributed by atoms with Crippen molar-refractivity contribution in [3.63, 3.8) is 0 Å². The maximum absolute atomic E-state index is 12.9. The highest BCUT2D eigenvalue weighted by atomic mass is 19.4. The Kier molecular flexibility index (Phi) is 7.19. The van der Waals surface area contributed by atoms with E-state index in [-0.39, 0.29) is 30.6 Å². The Hall–Kier alpha value is -2.91. The summed E-state index contributed by atoms with van der Waals surface area (Å²) >= 11 is 0. The number of esters is 1. The molecular formula is C25H30F3N3O4. The van der Waals surface area contributed by atoms with E-state index in [1.807, 2.05) is 13.0 Å². The summed E-state index contributed by atoms with van der Waals surface area (Å²) in [5, 5.41) is 8.02. The molecule has 4 rings (SSSR count). The summed E-state index contributed by atoms with van der Waals surface area (Å²) in [6.07, 6.45) is -0.719. The summed E-state index contributed by atoms with van der Waals surface area (Å²) in [4.78, 5) is 17.2. The number of carbonyl (C=O) groups is 1. The first-order chi connectivity index (χ1) is 16.7. The lowest BCUT2D eigenvalue weighted by molar-refractivity contribution is -0.184. The molecule has 0 unspecified atom stereocenters. The van der Waals surface area contributed by atoms with E-state index in [9.17, 15) is 18.0 Å². The zero-order chi connectivity index (χ0) is 25.2. The van der Waals surface area contributed by atoms with Crippen LogP contribution in [0.15, 0.2) is 24.4 Å². The van der Waals surface area contributed by atoms with Crippen LogP contribution in [0.3, 0.4) is 0 Å². The van der Waals surface area contributed by atoms with Crippen LogP contribution in [0.5, 0.6) is 11.6 Å². The first-order valence-electron chi connectivity index (χ1n) is 11.9. The van der Waals surface area contributed by atoms with E-state index in [2.05, 4.69) is 10.2 Å². The highest BCUT2D eigenvalue weighted by Gasteiger charge is 2.59. The molecule has 0 saturated heterocycles. The molecule has 2 saturated carbocycles. The minimum atomic E-state index is -4.12. The Morgan fingerprint density at radius 3 is 2.60 bits per heavy atom. The number of methoxy groups -OCH3 is 1. The lowest BCUT2D eigenvalue weighted by Gasteiger charge is -2.29. The lowest BCUT2D eigenvalue weighted by Crippen LogP contribution is -2.29. The summed E-state index contributed by atoms with van der Waals surface area (Å²) < 4.78 is 55.2. The molecule has 2 aliphatic rings. The van der Waals surface area contributed by atoms with Gasteiger partial charge in [0.2, 0.25) is 5.88 Å². The normalized spacial score (nSPS) is 26.2. The molecule has 2 aromatic heterocycles. The van der Waals surface area contributed by atoms with Gasteiger partial charge in [-0.2, -0.15) is 18.3 Å². The van der Waals surface area contributed by atoms with Gasteiger partial charge >= 0.3 is 12.1 Å². The van der Waals surface area contributed by atoms with Gasteiger partial charge in [-0.15, -0.1) is 5.10 Å². The maximum Gasteiger partial charge on any atom is 0.391 e. The number of halogens is 3. The number of pyridine rings is 1. The second-order valence-electron chi connectivity index (χ2n) is 9.53. The van der Waals surface area contributed by atoms with Crippen LogP contribution in [0.25, 0.3) is 11.3 Å². The molecule has 2 aliphatic carbocycles. The van der Waals surface area contributed by atoms with Gasteiger partial charge in [-0.25, -0.2) is 4.98 Å². The van der Waals surface area contributed by atoms with Crippen molar-refractivity contribution in [2.24, 2.45) is 17.3 Å². The molecule has 2 aromatic rings. The third kappa shape index (κ3) is 5.51. The molecule has 2 atom stereocenters. The second-order valence-corrected chi connectivity index (χ2v) is 9.53. The number of alkyl halides is 3. The minimum Gasteiger partial charge on any atom is -0.495 e. The highest BCUT2D eigenvalue weighted by molar-refractivity contribution is 5.82. The summed E-state index contributed by atoms with van der Waals surface area (Å²) in [7, 11) is 1.56. The number of hydrogen-bond acceptors (Lipinski definition) is 7. The third-order valence-electron chi connectivity index (χ3n) is 7.12. The maximum atomic E-state index is 12.9. The van der Waals surface area contributed by atoms with Gasteiger partial charge in [-0.3, -0.25) is 4.79 Å². The summed E-state index contributed by atoms with van der Waals surface area (Å²) in [6, 6.07) is 5.32. The average Bonchev–Trinajstić information content (AvgIpc) is 3.55. The predicted molar refractivity (Wildman–Crippen MR) is 121 cm³/mol. The van der Waals surface area contributed by atoms with Crippen molar-refractivity contribution in [3.05, 3.63) is 30.1 Å². The van der Waals surface area contributed by atoms with Gasteiger partial charge in [0.25, 0.3) is 0 Å². The van der Waals surface area contributed by atoms with Crippen molar-refractivity contribution in [1.82, 2.24) is 15.2 Å². The smallest absolute Gasteiger partial charge is 0.391 e. The molecule has 2 heterocycles. The molecule has 35 heavy (non-hydrogen) atoms. The Balaban J connectivity index is 1.44. The zero-order valence-electron chi connectivity index (χ0n) is 20.1. The SMILES string of the molecule is CCOC(=O)[C@]1(C)C[C@H]1c1nc(-c2cnnc(OCC3CCC(C(F)(F)F)CC3)c2)ccc1OC. The molecule has 7 nitrogen and oxygen atoms in total. The van der Waals surface area contributed by atoms with E-state index >= 15 is 0 Å². The molecule has 0 bridgehead atoms. The van der Waals surface area contributed by atoms with Crippen molar-refractivity contribution in [3.8, 4) is 22.9 Å². The highest BCUT2D eigenvalue weighted by Crippen LogP contribution is 2.61. The van der Waals surface area contributed by atoms with Crippen molar-refractivity contribution in [1.29, 1.82) is 0 Å². The quantitative estimate of drug-likeness (QED) is 0.458. The number of aromatic nitrogens is 3. The molecule has 0 spiro atoms. The Morgan fingerprint density at radius 2 is 1.94 bits per heavy atom. The van der Waals surface area contributed by atoms with Crippen LogP contribution in [0.1, 0.15) is 57.6 Å². The molecule has 10 heteroatoms. The molecule has 0 N–H and O–H groups in total. The Bertz CT molecular complexity index is 1060. The number of carbonyl (C=O) groups excluding carboxylic acids is 1. The van der Waals surface area contributed by atoms with Gasteiger partial charge in [0.05, 0.1) is 49.2 Å². The van der Waals surface area contributed by atoms with Crippen LogP contribution in [0.2, 0.25) is 0 Å². The molecule has 190 valence electrons. The zero-order valence-corrected chi connectivity index (χ0v) is 20.1. The molecular weight excluding hydrogens is 463 g/mol. The largest absolute Gasteiger partial charge is 0.495 e. The number of ether oxygens (including phenoxy) is 3. The van der Waals surface area contributed by atoms with Crippen LogP contribution >= 0.6 is 0 Å². The second kappa shape index (κ2) is 9.99. The van der Waals surface area contributed by atoms with E-state index < -0.39 is 17.5 Å². The lowest BCUT2D eigenvalue weighted by atomic mass is 9.82. The van der Waals surface area contributed by atoms with Crippen molar-refractivity contribution < 1.29 is 32.2 Å². The predicted octanol–water partition coefficient (Wildman–Crippen LogP) is 5.35. The average molecular weight is 494 g/mol. The summed E-state index contributed by atoms with van der Waals surface area (Å²) in [5.41, 5.74) is 1.36. The van der Waals surface area contributed by atoms with E-state index in [1.54, 1.807) is 32.4 Å². The van der Waals surface area contributed by atoms with Crippen LogP contribution in [-0.4, -0.2) is 47.7 Å². The standard InChI is InChI=1S/C25H30F3N3O4/c1-4-34-23(32)24(2)12-18(24)22-20(33-3)10-9-19(30-22)16-11-21(31-29-13-16)35-14-15-5-7-17(8-6-15)25(26,27)28/h9-11,13,15,17-18H,4-8,12,14H2,1-3H3/t15?,17?,18-,24+/m0/s1. The fourth-order valence-electron chi connectivity index (χ4n) is 4.75. The summed E-state index contributed by atoms with van der Waals surface area (Å²) in [5.74, 6) is -0.629. The van der Waals surface area contributed by atoms with E-state index in [1.165, 1.54) is 0 Å². The topological polar surface area (TPSA) is 83.4 Å². The van der Waals surface area contributed by atoms with Crippen molar-refractivity contribution in [2.75, 3.05) is 20.3 Å². The molecule has 0 aliphatic heterocycles. The fourth-order valence-corrected chi connectivity index (χ4v) is 4.75. The molecule has 0 amide bonds. The molecule has 0 radical (unpaired) electrons. The minimum absolute atomic E-state index is 0.0557. The first kappa shape index (κ1) is 25.2. The fraction of sp³-hybridized carbons (Fsp3) is 0.600. The van der Waals surface area contributed by atoms with Crippen molar-refractivity contribution in [2.45, 2.75) is 58.0 Å². The Labute approximate surface area is 202 Å². The molecule has 0 aromatic carbocycles. The van der Waals surface area contributed by atoms with Crippen LogP contribution in [0, 0.1) is 17.3 Å². The van der Waals surface area contributed by atoms with Gasteiger partial charge in [-0.05, 0) is 64.0 Å². The van der Waals surface area contributed by atoms with Gasteiger partial charge in [0.15, 0.2) is 0 Å². The van der Waals surface area contributed by atoms with Gasteiger partial charge < -0.3 is 14.2 Å². The van der Waals surface area contributed by atoms with E-state index in [0.717, 1.165) is 0 Å². The van der Waals surface area contributed by atoms with E-state index in [0.29, 0.717) is 61.1 Å². The Morgan fingerprint density at radius 1 is 1.20 bits per heavy atom. The monoisotopic (exact) mass is 493 g/mol. The van der Waals surface area contributed by atoms with Crippen LogP contribution < -0.4 is 9.47 Å². The van der Waals surface area contributed by atoms with Crippen LogP contribution in [-0.2, 0) is 9.53 Å². The van der Waals surface area contributed by atoms with Gasteiger partial charge in [0, 0.05) is 17.5 Å². The number of nitrogens with zero attached hydrogens (tertiary/aromatic N) is 3.